The average molecular weight is 522 g/mol. The van der Waals surface area contributed by atoms with E-state index in [-0.39, 0.29) is 11.4 Å². The number of anilines is 1. The molecular weight excluding hydrogens is 490 g/mol. The average Bonchev–Trinajstić information content (AvgIpc) is 3.49. The highest BCUT2D eigenvalue weighted by Gasteiger charge is 2.34. The predicted octanol–water partition coefficient (Wildman–Crippen LogP) is 7.18. The Morgan fingerprint density at radius 1 is 1.36 bits per heavy atom. The Labute approximate surface area is 220 Å². The Balaban J connectivity index is 1.63. The topological polar surface area (TPSA) is 84.2 Å². The highest BCUT2D eigenvalue weighted by atomic mass is 32.1. The second-order valence-corrected chi connectivity index (χ2v) is 11.8. The van der Waals surface area contributed by atoms with E-state index in [1.54, 1.807) is 24.6 Å². The zero-order chi connectivity index (χ0) is 25.9. The van der Waals surface area contributed by atoms with Gasteiger partial charge < -0.3 is 14.8 Å². The molecule has 4 rings (SSSR count). The van der Waals surface area contributed by atoms with E-state index in [1.807, 2.05) is 36.6 Å². The SMILES string of the molecule is CCOC(=O)c1c(NC=C(C#N)c2nc(-c3cccc(OC)c3)cs2)sc2c1CCC(C(C)(C)C)C2. The molecule has 1 unspecified atom stereocenters. The van der Waals surface area contributed by atoms with Gasteiger partial charge in [0.1, 0.15) is 27.4 Å². The van der Waals surface area contributed by atoms with E-state index in [0.29, 0.717) is 28.7 Å². The summed E-state index contributed by atoms with van der Waals surface area (Å²) < 4.78 is 10.7. The second-order valence-electron chi connectivity index (χ2n) is 9.82. The quantitative estimate of drug-likeness (QED) is 0.262. The molecule has 0 radical (unpaired) electrons. The summed E-state index contributed by atoms with van der Waals surface area (Å²) >= 11 is 3.00. The Kier molecular flexibility index (Phi) is 7.82. The van der Waals surface area contributed by atoms with Crippen LogP contribution in [0.25, 0.3) is 16.8 Å². The lowest BCUT2D eigenvalue weighted by Crippen LogP contribution is -2.26. The molecule has 1 aliphatic carbocycles. The number of nitrogens with one attached hydrogen (secondary N) is 1. The summed E-state index contributed by atoms with van der Waals surface area (Å²) in [5.41, 5.74) is 4.01. The molecule has 1 aromatic carbocycles. The third kappa shape index (κ3) is 5.48. The van der Waals surface area contributed by atoms with E-state index < -0.39 is 0 Å². The fourth-order valence-corrected chi connectivity index (χ4v) is 6.52. The van der Waals surface area contributed by atoms with Crippen molar-refractivity contribution in [3.05, 3.63) is 56.9 Å². The third-order valence-electron chi connectivity index (χ3n) is 6.54. The predicted molar refractivity (Wildman–Crippen MR) is 147 cm³/mol. The molecule has 1 atom stereocenters. The molecule has 6 nitrogen and oxygen atoms in total. The first-order valence-electron chi connectivity index (χ1n) is 12.0. The summed E-state index contributed by atoms with van der Waals surface area (Å²) in [6, 6.07) is 9.92. The number of nitriles is 1. The van der Waals surface area contributed by atoms with Gasteiger partial charge in [0.25, 0.3) is 0 Å². The molecule has 3 aromatic rings. The van der Waals surface area contributed by atoms with Gasteiger partial charge in [0.2, 0.25) is 0 Å². The normalized spacial score (nSPS) is 15.7. The number of carbonyl (C=O) groups excluding carboxylic acids is 1. The molecule has 0 saturated heterocycles. The van der Waals surface area contributed by atoms with Crippen LogP contribution in [-0.2, 0) is 17.6 Å². The van der Waals surface area contributed by atoms with Gasteiger partial charge in [-0.3, -0.25) is 0 Å². The van der Waals surface area contributed by atoms with Crippen molar-refractivity contribution in [1.82, 2.24) is 4.98 Å². The van der Waals surface area contributed by atoms with Gasteiger partial charge in [0, 0.05) is 22.0 Å². The smallest absolute Gasteiger partial charge is 0.341 e. The number of rotatable bonds is 7. The van der Waals surface area contributed by atoms with Gasteiger partial charge in [0.05, 0.1) is 25.0 Å². The van der Waals surface area contributed by atoms with Crippen LogP contribution in [-0.4, -0.2) is 24.7 Å². The Hall–Kier alpha value is -3.15. The first-order chi connectivity index (χ1) is 17.2. The van der Waals surface area contributed by atoms with Crippen LogP contribution in [0.2, 0.25) is 0 Å². The van der Waals surface area contributed by atoms with Crippen LogP contribution in [0, 0.1) is 22.7 Å². The number of nitrogens with zero attached hydrogens (tertiary/aromatic N) is 2. The molecule has 0 amide bonds. The summed E-state index contributed by atoms with van der Waals surface area (Å²) in [5, 5.41) is 16.4. The van der Waals surface area contributed by atoms with Crippen LogP contribution in [0.3, 0.4) is 0 Å². The molecule has 36 heavy (non-hydrogen) atoms. The van der Waals surface area contributed by atoms with Gasteiger partial charge in [-0.2, -0.15) is 5.26 Å². The van der Waals surface area contributed by atoms with Crippen molar-refractivity contribution < 1.29 is 14.3 Å². The fraction of sp³-hybridized carbons (Fsp3) is 0.393. The Morgan fingerprint density at radius 3 is 2.86 bits per heavy atom. The van der Waals surface area contributed by atoms with Crippen LogP contribution in [0.15, 0.2) is 35.8 Å². The number of hydrogen-bond donors (Lipinski definition) is 1. The molecule has 1 aliphatic rings. The minimum atomic E-state index is -0.312. The van der Waals surface area contributed by atoms with Gasteiger partial charge in [-0.1, -0.05) is 32.9 Å². The molecule has 8 heteroatoms. The number of methoxy groups -OCH3 is 1. The number of ether oxygens (including phenoxy) is 2. The number of benzene rings is 1. The standard InChI is InChI=1S/C28H31N3O3S2/c1-6-34-27(32)24-21-11-10-19(28(2,3)4)13-23(21)36-26(24)30-15-18(14-29)25-31-22(16-35-25)17-8-7-9-20(12-17)33-5/h7-9,12,15-16,19,30H,6,10-11,13H2,1-5H3. The zero-order valence-electron chi connectivity index (χ0n) is 21.3. The van der Waals surface area contributed by atoms with Crippen molar-refractivity contribution in [1.29, 1.82) is 5.26 Å². The lowest BCUT2D eigenvalue weighted by molar-refractivity contribution is 0.0526. The van der Waals surface area contributed by atoms with E-state index >= 15 is 0 Å². The van der Waals surface area contributed by atoms with Crippen molar-refractivity contribution in [2.45, 2.75) is 47.0 Å². The number of hydrogen-bond acceptors (Lipinski definition) is 8. The Bertz CT molecular complexity index is 1320. The highest BCUT2D eigenvalue weighted by molar-refractivity contribution is 7.16. The van der Waals surface area contributed by atoms with Gasteiger partial charge in [-0.05, 0) is 55.2 Å². The summed E-state index contributed by atoms with van der Waals surface area (Å²) in [5.74, 6) is 0.997. The van der Waals surface area contributed by atoms with E-state index in [0.717, 1.165) is 46.8 Å². The summed E-state index contributed by atoms with van der Waals surface area (Å²) in [7, 11) is 1.63. The van der Waals surface area contributed by atoms with Gasteiger partial charge >= 0.3 is 5.97 Å². The summed E-state index contributed by atoms with van der Waals surface area (Å²) in [6.07, 6.45) is 4.50. The van der Waals surface area contributed by atoms with E-state index in [2.05, 4.69) is 37.1 Å². The number of allylic oxidation sites excluding steroid dienone is 1. The maximum atomic E-state index is 12.9. The monoisotopic (exact) mass is 521 g/mol. The van der Waals surface area contributed by atoms with Gasteiger partial charge in [0.15, 0.2) is 0 Å². The van der Waals surface area contributed by atoms with Crippen molar-refractivity contribution in [2.75, 3.05) is 19.0 Å². The van der Waals surface area contributed by atoms with Crippen LogP contribution in [0.1, 0.15) is 59.9 Å². The highest BCUT2D eigenvalue weighted by Crippen LogP contribution is 2.44. The zero-order valence-corrected chi connectivity index (χ0v) is 22.9. The minimum Gasteiger partial charge on any atom is -0.497 e. The third-order valence-corrected chi connectivity index (χ3v) is 8.60. The van der Waals surface area contributed by atoms with Crippen molar-refractivity contribution in [2.24, 2.45) is 11.3 Å². The number of fused-ring (bicyclic) bond motifs is 1. The maximum Gasteiger partial charge on any atom is 0.341 e. The van der Waals surface area contributed by atoms with Crippen molar-refractivity contribution >= 4 is 39.2 Å². The summed E-state index contributed by atoms with van der Waals surface area (Å²) in [6.45, 7) is 8.96. The minimum absolute atomic E-state index is 0.207. The van der Waals surface area contributed by atoms with Crippen molar-refractivity contribution in [3.63, 3.8) is 0 Å². The molecule has 188 valence electrons. The number of aromatic nitrogens is 1. The van der Waals surface area contributed by atoms with Gasteiger partial charge in [-0.15, -0.1) is 22.7 Å². The lowest BCUT2D eigenvalue weighted by Gasteiger charge is -2.33. The molecule has 2 heterocycles. The number of thiophene rings is 1. The van der Waals surface area contributed by atoms with Crippen LogP contribution < -0.4 is 10.1 Å². The molecular formula is C28H31N3O3S2. The van der Waals surface area contributed by atoms with E-state index in [9.17, 15) is 10.1 Å². The molecule has 1 N–H and O–H groups in total. The summed E-state index contributed by atoms with van der Waals surface area (Å²) in [4.78, 5) is 18.8. The van der Waals surface area contributed by atoms with Crippen LogP contribution >= 0.6 is 22.7 Å². The van der Waals surface area contributed by atoms with Gasteiger partial charge in [-0.25, -0.2) is 9.78 Å². The van der Waals surface area contributed by atoms with E-state index in [4.69, 9.17) is 9.47 Å². The first-order valence-corrected chi connectivity index (χ1v) is 13.7. The molecule has 0 saturated carbocycles. The number of esters is 1. The first kappa shape index (κ1) is 25.9. The second kappa shape index (κ2) is 10.9. The van der Waals surface area contributed by atoms with Crippen LogP contribution in [0.4, 0.5) is 5.00 Å². The number of carbonyl (C=O) groups is 1. The largest absolute Gasteiger partial charge is 0.497 e. The van der Waals surface area contributed by atoms with Crippen molar-refractivity contribution in [3.8, 4) is 23.1 Å². The fourth-order valence-electron chi connectivity index (χ4n) is 4.44. The molecule has 0 spiro atoms. The molecule has 2 aromatic heterocycles. The van der Waals surface area contributed by atoms with Crippen LogP contribution in [0.5, 0.6) is 5.75 Å². The molecule has 0 fully saturated rings. The lowest BCUT2D eigenvalue weighted by atomic mass is 9.72. The maximum absolute atomic E-state index is 12.9. The number of thiazole rings is 1. The molecule has 0 aliphatic heterocycles. The Morgan fingerprint density at radius 2 is 2.17 bits per heavy atom. The van der Waals surface area contributed by atoms with E-state index in [1.165, 1.54) is 16.2 Å². The molecule has 0 bridgehead atoms.